The average Bonchev–Trinajstić information content (AvgIpc) is 2.33. The predicted octanol–water partition coefficient (Wildman–Crippen LogP) is 1.70. The van der Waals surface area contributed by atoms with E-state index < -0.39 is 0 Å². The number of hydrogen-bond donors (Lipinski definition) is 2. The summed E-state index contributed by atoms with van der Waals surface area (Å²) in [5.74, 6) is 0.0784. The van der Waals surface area contributed by atoms with E-state index in [0.29, 0.717) is 13.2 Å². The topological polar surface area (TPSA) is 50.4 Å². The Bertz CT molecular complexity index is 175. The van der Waals surface area contributed by atoms with Crippen molar-refractivity contribution in [2.75, 3.05) is 33.4 Å². The largest absolute Gasteiger partial charge is 0.383 e. The van der Waals surface area contributed by atoms with Crippen LogP contribution in [0.5, 0.6) is 0 Å². The predicted molar refractivity (Wildman–Crippen MR) is 71.1 cm³/mol. The minimum absolute atomic E-state index is 0.0784. The average molecular weight is 244 g/mol. The van der Waals surface area contributed by atoms with Crippen molar-refractivity contribution in [3.63, 3.8) is 0 Å². The number of rotatable bonds is 12. The van der Waals surface area contributed by atoms with Crippen LogP contribution in [0.1, 0.15) is 45.4 Å². The third-order valence-corrected chi connectivity index (χ3v) is 2.62. The van der Waals surface area contributed by atoms with Crippen LogP contribution in [0, 0.1) is 0 Å². The first-order chi connectivity index (χ1) is 8.31. The van der Waals surface area contributed by atoms with Crippen LogP contribution in [0.2, 0.25) is 0 Å². The molecule has 0 aromatic carbocycles. The summed E-state index contributed by atoms with van der Waals surface area (Å²) in [4.78, 5) is 11.3. The van der Waals surface area contributed by atoms with Crippen molar-refractivity contribution in [2.24, 2.45) is 0 Å². The van der Waals surface area contributed by atoms with Gasteiger partial charge in [0.05, 0.1) is 13.2 Å². The van der Waals surface area contributed by atoms with Crippen molar-refractivity contribution in [3.05, 3.63) is 0 Å². The summed E-state index contributed by atoms with van der Waals surface area (Å²) in [5, 5.41) is 5.93. The molecule has 0 aliphatic carbocycles. The van der Waals surface area contributed by atoms with Crippen LogP contribution < -0.4 is 10.6 Å². The van der Waals surface area contributed by atoms with E-state index in [1.165, 1.54) is 32.1 Å². The van der Waals surface area contributed by atoms with Gasteiger partial charge in [0.2, 0.25) is 5.91 Å². The van der Waals surface area contributed by atoms with Crippen LogP contribution >= 0.6 is 0 Å². The molecule has 0 aliphatic rings. The zero-order chi connectivity index (χ0) is 12.8. The molecule has 0 heterocycles. The van der Waals surface area contributed by atoms with Crippen molar-refractivity contribution in [2.45, 2.75) is 45.4 Å². The molecule has 0 bridgehead atoms. The molecule has 17 heavy (non-hydrogen) atoms. The molecule has 0 saturated carbocycles. The number of nitrogens with one attached hydrogen (secondary N) is 2. The Morgan fingerprint density at radius 3 is 2.47 bits per heavy atom. The normalized spacial score (nSPS) is 10.5. The molecular formula is C13H28N2O2. The van der Waals surface area contributed by atoms with Crippen molar-refractivity contribution < 1.29 is 9.53 Å². The van der Waals surface area contributed by atoms with Gasteiger partial charge in [-0.05, 0) is 6.42 Å². The maximum absolute atomic E-state index is 11.3. The minimum Gasteiger partial charge on any atom is -0.383 e. The third-order valence-electron chi connectivity index (χ3n) is 2.62. The lowest BCUT2D eigenvalue weighted by Crippen LogP contribution is -2.35. The highest BCUT2D eigenvalue weighted by Gasteiger charge is 1.98. The van der Waals surface area contributed by atoms with Gasteiger partial charge in [-0.3, -0.25) is 4.79 Å². The fourth-order valence-electron chi connectivity index (χ4n) is 1.57. The molecule has 2 N–H and O–H groups in total. The second-order valence-electron chi connectivity index (χ2n) is 4.29. The molecule has 0 saturated heterocycles. The highest BCUT2D eigenvalue weighted by atomic mass is 16.5. The molecule has 4 heteroatoms. The Morgan fingerprint density at radius 1 is 1.06 bits per heavy atom. The number of hydrogen-bond acceptors (Lipinski definition) is 3. The second kappa shape index (κ2) is 13.5. The monoisotopic (exact) mass is 244 g/mol. The van der Waals surface area contributed by atoms with Gasteiger partial charge in [-0.1, -0.05) is 39.0 Å². The van der Waals surface area contributed by atoms with Crippen LogP contribution in [-0.4, -0.2) is 39.3 Å². The molecule has 1 amide bonds. The fraction of sp³-hybridized carbons (Fsp3) is 0.923. The van der Waals surface area contributed by atoms with Crippen molar-refractivity contribution in [1.29, 1.82) is 0 Å². The Balaban J connectivity index is 3.11. The number of ether oxygens (including phenoxy) is 1. The number of methoxy groups -OCH3 is 1. The lowest BCUT2D eigenvalue weighted by molar-refractivity contribution is -0.120. The number of amides is 1. The first-order valence-corrected chi connectivity index (χ1v) is 6.77. The van der Waals surface area contributed by atoms with Crippen LogP contribution in [0.3, 0.4) is 0 Å². The summed E-state index contributed by atoms with van der Waals surface area (Å²) in [6.07, 6.45) is 7.53. The van der Waals surface area contributed by atoms with Crippen LogP contribution in [0.25, 0.3) is 0 Å². The zero-order valence-corrected chi connectivity index (χ0v) is 11.4. The summed E-state index contributed by atoms with van der Waals surface area (Å²) in [6, 6.07) is 0. The first kappa shape index (κ1) is 16.4. The van der Waals surface area contributed by atoms with Gasteiger partial charge < -0.3 is 15.4 Å². The minimum atomic E-state index is 0.0784. The smallest absolute Gasteiger partial charge is 0.233 e. The van der Waals surface area contributed by atoms with E-state index in [2.05, 4.69) is 17.6 Å². The number of unbranched alkanes of at least 4 members (excludes halogenated alkanes) is 5. The van der Waals surface area contributed by atoms with E-state index in [1.807, 2.05) is 0 Å². The molecule has 0 unspecified atom stereocenters. The van der Waals surface area contributed by atoms with E-state index >= 15 is 0 Å². The lowest BCUT2D eigenvalue weighted by atomic mass is 10.1. The Hall–Kier alpha value is -0.610. The van der Waals surface area contributed by atoms with Gasteiger partial charge in [0, 0.05) is 20.2 Å². The summed E-state index contributed by atoms with van der Waals surface area (Å²) in [6.45, 7) is 4.78. The van der Waals surface area contributed by atoms with Gasteiger partial charge in [-0.15, -0.1) is 0 Å². The maximum Gasteiger partial charge on any atom is 0.233 e. The summed E-state index contributed by atoms with van der Waals surface area (Å²) in [7, 11) is 1.65. The van der Waals surface area contributed by atoms with E-state index in [4.69, 9.17) is 4.74 Å². The van der Waals surface area contributed by atoms with Crippen LogP contribution in [0.4, 0.5) is 0 Å². The molecule has 0 aromatic heterocycles. The Labute approximate surface area is 105 Å². The van der Waals surface area contributed by atoms with Gasteiger partial charge in [0.1, 0.15) is 0 Å². The van der Waals surface area contributed by atoms with E-state index in [1.54, 1.807) is 7.11 Å². The van der Waals surface area contributed by atoms with Crippen molar-refractivity contribution >= 4 is 5.91 Å². The summed E-state index contributed by atoms with van der Waals surface area (Å²) >= 11 is 0. The quantitative estimate of drug-likeness (QED) is 0.514. The summed E-state index contributed by atoms with van der Waals surface area (Å²) in [5.41, 5.74) is 0. The molecule has 0 aliphatic heterocycles. The Morgan fingerprint density at radius 2 is 1.76 bits per heavy atom. The van der Waals surface area contributed by atoms with Crippen molar-refractivity contribution in [1.82, 2.24) is 10.6 Å². The molecular weight excluding hydrogens is 216 g/mol. The van der Waals surface area contributed by atoms with E-state index in [9.17, 15) is 4.79 Å². The van der Waals surface area contributed by atoms with Gasteiger partial charge in [0.25, 0.3) is 0 Å². The molecule has 0 rings (SSSR count). The Kier molecular flexibility index (Phi) is 13.0. The molecule has 0 fully saturated rings. The van der Waals surface area contributed by atoms with Gasteiger partial charge >= 0.3 is 0 Å². The summed E-state index contributed by atoms with van der Waals surface area (Å²) < 4.78 is 4.87. The zero-order valence-electron chi connectivity index (χ0n) is 11.4. The number of carbonyl (C=O) groups excluding carboxylic acids is 1. The molecule has 0 spiro atoms. The SMILES string of the molecule is CCCCCCCCNC(=O)CNCCOC. The van der Waals surface area contributed by atoms with Gasteiger partial charge in [-0.2, -0.15) is 0 Å². The van der Waals surface area contributed by atoms with Gasteiger partial charge in [-0.25, -0.2) is 0 Å². The molecule has 4 nitrogen and oxygen atoms in total. The molecule has 0 aromatic rings. The van der Waals surface area contributed by atoms with Gasteiger partial charge in [0.15, 0.2) is 0 Å². The molecule has 0 atom stereocenters. The standard InChI is InChI=1S/C13H28N2O2/c1-3-4-5-6-7-8-9-15-13(16)12-14-10-11-17-2/h14H,3-12H2,1-2H3,(H,15,16). The third kappa shape index (κ3) is 13.3. The number of carbonyl (C=O) groups is 1. The fourth-order valence-corrected chi connectivity index (χ4v) is 1.57. The highest BCUT2D eigenvalue weighted by Crippen LogP contribution is 2.03. The van der Waals surface area contributed by atoms with Crippen LogP contribution in [0.15, 0.2) is 0 Å². The van der Waals surface area contributed by atoms with Crippen molar-refractivity contribution in [3.8, 4) is 0 Å². The maximum atomic E-state index is 11.3. The molecule has 0 radical (unpaired) electrons. The van der Waals surface area contributed by atoms with Crippen LogP contribution in [-0.2, 0) is 9.53 Å². The molecule has 102 valence electrons. The van der Waals surface area contributed by atoms with E-state index in [0.717, 1.165) is 19.5 Å². The highest BCUT2D eigenvalue weighted by molar-refractivity contribution is 5.77. The van der Waals surface area contributed by atoms with E-state index in [-0.39, 0.29) is 5.91 Å². The first-order valence-electron chi connectivity index (χ1n) is 6.77. The lowest BCUT2D eigenvalue weighted by Gasteiger charge is -2.06. The second-order valence-corrected chi connectivity index (χ2v) is 4.29.